The van der Waals surface area contributed by atoms with Crippen LogP contribution in [-0.4, -0.2) is 14.5 Å². The molecule has 116 valence electrons. The first-order valence-corrected chi connectivity index (χ1v) is 7.68. The number of hydrogen-bond donors (Lipinski definition) is 1. The van der Waals surface area contributed by atoms with Crippen LogP contribution in [0.5, 0.6) is 0 Å². The van der Waals surface area contributed by atoms with Crippen molar-refractivity contribution in [1.29, 1.82) is 0 Å². The Bertz CT molecular complexity index is 916. The molecule has 24 heavy (non-hydrogen) atoms. The van der Waals surface area contributed by atoms with Gasteiger partial charge in [-0.2, -0.15) is 0 Å². The van der Waals surface area contributed by atoms with Crippen molar-refractivity contribution in [3.63, 3.8) is 0 Å². The number of para-hydroxylation sites is 1. The maximum absolute atomic E-state index is 4.85. The number of imidazole rings is 1. The Labute approximate surface area is 140 Å². The Balaban J connectivity index is 2.03. The van der Waals surface area contributed by atoms with Crippen LogP contribution < -0.4 is 5.32 Å². The van der Waals surface area contributed by atoms with Gasteiger partial charge >= 0.3 is 0 Å². The molecule has 4 heteroatoms. The molecule has 3 aromatic rings. The van der Waals surface area contributed by atoms with Gasteiger partial charge in [0.15, 0.2) is 5.82 Å². The molecule has 0 aliphatic carbocycles. The van der Waals surface area contributed by atoms with Gasteiger partial charge in [-0.25, -0.2) is 9.97 Å². The highest BCUT2D eigenvalue weighted by atomic mass is 15.1. The lowest BCUT2D eigenvalue weighted by atomic mass is 10.1. The first kappa shape index (κ1) is 14.2. The van der Waals surface area contributed by atoms with Crippen LogP contribution in [0.25, 0.3) is 22.6 Å². The maximum Gasteiger partial charge on any atom is 0.154 e. The molecule has 4 rings (SSSR count). The van der Waals surface area contributed by atoms with Crippen molar-refractivity contribution in [2.75, 3.05) is 5.32 Å². The summed E-state index contributed by atoms with van der Waals surface area (Å²) in [4.78, 5) is 9.33. The van der Waals surface area contributed by atoms with Gasteiger partial charge < -0.3 is 5.32 Å². The molecule has 0 bridgehead atoms. The monoisotopic (exact) mass is 312 g/mol. The second-order valence-electron chi connectivity index (χ2n) is 5.42. The van der Waals surface area contributed by atoms with E-state index in [0.29, 0.717) is 0 Å². The third-order valence-electron chi connectivity index (χ3n) is 3.99. The number of rotatable bonds is 3. The standard InChI is InChI=1S/C20H16N4/c1-3-8-14(4-2)17-13-24-18-11-7-12-21-19(18)22-16-10-6-5-9-15(16)20(24)23-17/h3-13H,1-2H2,(H,21,22). The zero-order chi connectivity index (χ0) is 16.5. The van der Waals surface area contributed by atoms with Crippen molar-refractivity contribution >= 4 is 17.1 Å². The molecule has 3 heterocycles. The minimum atomic E-state index is 0.806. The number of fused-ring (bicyclic) bond motifs is 5. The second-order valence-corrected chi connectivity index (χ2v) is 5.42. The molecule has 1 aliphatic heterocycles. The van der Waals surface area contributed by atoms with Crippen LogP contribution in [0.1, 0.15) is 5.69 Å². The second kappa shape index (κ2) is 5.66. The van der Waals surface area contributed by atoms with Gasteiger partial charge in [0.25, 0.3) is 0 Å². The summed E-state index contributed by atoms with van der Waals surface area (Å²) < 4.78 is 2.07. The minimum Gasteiger partial charge on any atom is -0.338 e. The summed E-state index contributed by atoms with van der Waals surface area (Å²) in [7, 11) is 0. The van der Waals surface area contributed by atoms with Crippen molar-refractivity contribution in [2.24, 2.45) is 0 Å². The van der Waals surface area contributed by atoms with E-state index in [1.54, 1.807) is 18.3 Å². The summed E-state index contributed by atoms with van der Waals surface area (Å²) in [5, 5.41) is 3.40. The summed E-state index contributed by atoms with van der Waals surface area (Å²) in [6, 6.07) is 12.1. The first-order valence-electron chi connectivity index (χ1n) is 7.68. The fourth-order valence-electron chi connectivity index (χ4n) is 2.88. The van der Waals surface area contributed by atoms with Crippen molar-refractivity contribution in [2.45, 2.75) is 0 Å². The number of aromatic nitrogens is 3. The van der Waals surface area contributed by atoms with Gasteiger partial charge in [-0.15, -0.1) is 0 Å². The molecular weight excluding hydrogens is 296 g/mol. The van der Waals surface area contributed by atoms with Crippen molar-refractivity contribution in [3.8, 4) is 17.1 Å². The van der Waals surface area contributed by atoms with E-state index in [0.717, 1.165) is 39.8 Å². The number of anilines is 2. The van der Waals surface area contributed by atoms with Crippen molar-refractivity contribution in [1.82, 2.24) is 14.5 Å². The third-order valence-corrected chi connectivity index (χ3v) is 3.99. The molecule has 0 spiro atoms. The minimum absolute atomic E-state index is 0.806. The molecule has 1 aromatic carbocycles. The van der Waals surface area contributed by atoms with Crippen molar-refractivity contribution in [3.05, 3.63) is 85.9 Å². The van der Waals surface area contributed by atoms with E-state index in [-0.39, 0.29) is 0 Å². The quantitative estimate of drug-likeness (QED) is 0.555. The molecular formula is C20H16N4. The number of allylic oxidation sites excluding steroid dienone is 4. The number of pyridine rings is 1. The first-order chi connectivity index (χ1) is 11.8. The SMILES string of the molecule is C=CC=C(C=C)c1cn2c(n1)-c1ccccc1Nc1ncccc1-2. The lowest BCUT2D eigenvalue weighted by Crippen LogP contribution is -1.98. The maximum atomic E-state index is 4.85. The van der Waals surface area contributed by atoms with Gasteiger partial charge in [-0.1, -0.05) is 43.5 Å². The number of hydrogen-bond acceptors (Lipinski definition) is 3. The number of nitrogens with one attached hydrogen (secondary N) is 1. The molecule has 0 saturated heterocycles. The van der Waals surface area contributed by atoms with E-state index in [1.807, 2.05) is 42.6 Å². The number of benzene rings is 1. The number of nitrogens with zero attached hydrogens (tertiary/aromatic N) is 3. The van der Waals surface area contributed by atoms with Crippen LogP contribution in [0, 0.1) is 0 Å². The molecule has 0 saturated carbocycles. The predicted molar refractivity (Wildman–Crippen MR) is 98.4 cm³/mol. The van der Waals surface area contributed by atoms with Crippen LogP contribution >= 0.6 is 0 Å². The molecule has 1 N–H and O–H groups in total. The van der Waals surface area contributed by atoms with Crippen LogP contribution in [0.4, 0.5) is 11.5 Å². The van der Waals surface area contributed by atoms with Crippen LogP contribution in [0.15, 0.2) is 80.2 Å². The van der Waals surface area contributed by atoms with E-state index in [9.17, 15) is 0 Å². The summed E-state index contributed by atoms with van der Waals surface area (Å²) >= 11 is 0. The van der Waals surface area contributed by atoms with Gasteiger partial charge in [-0.05, 0) is 24.3 Å². The van der Waals surface area contributed by atoms with Gasteiger partial charge in [0, 0.05) is 23.5 Å². The van der Waals surface area contributed by atoms with E-state index >= 15 is 0 Å². The molecule has 1 aliphatic rings. The Morgan fingerprint density at radius 1 is 1.12 bits per heavy atom. The smallest absolute Gasteiger partial charge is 0.154 e. The predicted octanol–water partition coefficient (Wildman–Crippen LogP) is 4.75. The van der Waals surface area contributed by atoms with Gasteiger partial charge in [0.1, 0.15) is 5.82 Å². The molecule has 4 nitrogen and oxygen atoms in total. The van der Waals surface area contributed by atoms with Crippen LogP contribution in [0.3, 0.4) is 0 Å². The summed E-state index contributed by atoms with van der Waals surface area (Å²) in [6.45, 7) is 7.64. The van der Waals surface area contributed by atoms with E-state index in [2.05, 4.69) is 34.1 Å². The molecule has 0 radical (unpaired) electrons. The van der Waals surface area contributed by atoms with Gasteiger partial charge in [0.2, 0.25) is 0 Å². The van der Waals surface area contributed by atoms with Gasteiger partial charge in [-0.3, -0.25) is 4.57 Å². The normalized spacial score (nSPS) is 12.2. The lowest BCUT2D eigenvalue weighted by Gasteiger charge is -2.08. The third kappa shape index (κ3) is 2.16. The van der Waals surface area contributed by atoms with E-state index in [4.69, 9.17) is 4.98 Å². The highest BCUT2D eigenvalue weighted by Gasteiger charge is 2.21. The zero-order valence-electron chi connectivity index (χ0n) is 13.1. The van der Waals surface area contributed by atoms with Crippen LogP contribution in [-0.2, 0) is 0 Å². The Morgan fingerprint density at radius 3 is 2.83 bits per heavy atom. The Morgan fingerprint density at radius 2 is 2.00 bits per heavy atom. The summed E-state index contributed by atoms with van der Waals surface area (Å²) in [6.07, 6.45) is 9.23. The fourth-order valence-corrected chi connectivity index (χ4v) is 2.88. The summed E-state index contributed by atoms with van der Waals surface area (Å²) in [5.41, 5.74) is 4.77. The zero-order valence-corrected chi connectivity index (χ0v) is 13.1. The lowest BCUT2D eigenvalue weighted by molar-refractivity contribution is 1.06. The molecule has 0 amide bonds. The van der Waals surface area contributed by atoms with Crippen LogP contribution in [0.2, 0.25) is 0 Å². The van der Waals surface area contributed by atoms with E-state index < -0.39 is 0 Å². The molecule has 0 atom stereocenters. The van der Waals surface area contributed by atoms with E-state index in [1.165, 1.54) is 0 Å². The average Bonchev–Trinajstić information content (AvgIpc) is 3.00. The summed E-state index contributed by atoms with van der Waals surface area (Å²) in [5.74, 6) is 1.68. The Hall–Kier alpha value is -3.40. The average molecular weight is 312 g/mol. The Kier molecular flexibility index (Phi) is 3.35. The topological polar surface area (TPSA) is 42.7 Å². The molecule has 0 fully saturated rings. The van der Waals surface area contributed by atoms with Gasteiger partial charge in [0.05, 0.1) is 17.1 Å². The fraction of sp³-hybridized carbons (Fsp3) is 0. The molecule has 2 aromatic heterocycles. The van der Waals surface area contributed by atoms with Crippen molar-refractivity contribution < 1.29 is 0 Å². The largest absolute Gasteiger partial charge is 0.338 e. The highest BCUT2D eigenvalue weighted by Crippen LogP contribution is 2.37. The molecule has 0 unspecified atom stereocenters. The highest BCUT2D eigenvalue weighted by molar-refractivity contribution is 5.85.